The molecule has 31 heavy (non-hydrogen) atoms. The van der Waals surface area contributed by atoms with Gasteiger partial charge in [-0.2, -0.15) is 9.97 Å². The molecule has 0 amide bonds. The molecule has 0 saturated heterocycles. The van der Waals surface area contributed by atoms with Crippen LogP contribution in [-0.4, -0.2) is 49.0 Å². The minimum Gasteiger partial charge on any atom is -0.504 e. The van der Waals surface area contributed by atoms with Gasteiger partial charge in [-0.15, -0.1) is 0 Å². The average molecular weight is 429 g/mol. The summed E-state index contributed by atoms with van der Waals surface area (Å²) in [7, 11) is 1.52. The lowest BCUT2D eigenvalue weighted by atomic mass is 10.1. The Morgan fingerprint density at radius 2 is 1.90 bits per heavy atom. The highest BCUT2D eigenvalue weighted by molar-refractivity contribution is 5.84. The lowest BCUT2D eigenvalue weighted by Crippen LogP contribution is -2.30. The molecular formula is C22H32N6O3. The highest BCUT2D eigenvalue weighted by Gasteiger charge is 2.19. The summed E-state index contributed by atoms with van der Waals surface area (Å²) in [5.74, 6) is 1.46. The van der Waals surface area contributed by atoms with Gasteiger partial charge in [0.05, 0.1) is 19.0 Å². The summed E-state index contributed by atoms with van der Waals surface area (Å²) in [6, 6.07) is 5.62. The Balaban J connectivity index is 1.98. The van der Waals surface area contributed by atoms with Gasteiger partial charge in [0.2, 0.25) is 5.95 Å². The molecule has 0 aliphatic rings. The van der Waals surface area contributed by atoms with Crippen molar-refractivity contribution in [2.45, 2.75) is 58.7 Å². The molecular weight excluding hydrogens is 396 g/mol. The van der Waals surface area contributed by atoms with Crippen molar-refractivity contribution >= 4 is 22.9 Å². The molecule has 3 aromatic rings. The van der Waals surface area contributed by atoms with Crippen molar-refractivity contribution in [2.24, 2.45) is 0 Å². The van der Waals surface area contributed by atoms with Crippen molar-refractivity contribution in [1.29, 1.82) is 0 Å². The van der Waals surface area contributed by atoms with Crippen molar-refractivity contribution in [3.63, 3.8) is 0 Å². The van der Waals surface area contributed by atoms with Crippen LogP contribution in [0.3, 0.4) is 0 Å². The lowest BCUT2D eigenvalue weighted by molar-refractivity contribution is 0.0943. The van der Waals surface area contributed by atoms with Gasteiger partial charge in [-0.1, -0.05) is 26.0 Å². The highest BCUT2D eigenvalue weighted by atomic mass is 16.5. The first-order valence-corrected chi connectivity index (χ1v) is 10.6. The summed E-state index contributed by atoms with van der Waals surface area (Å²) in [4.78, 5) is 13.8. The first kappa shape index (κ1) is 22.6. The average Bonchev–Trinajstić information content (AvgIpc) is 3.16. The smallest absolute Gasteiger partial charge is 0.226 e. The minimum atomic E-state index is -0.909. The highest BCUT2D eigenvalue weighted by Crippen LogP contribution is 2.31. The number of rotatable bonds is 10. The van der Waals surface area contributed by atoms with E-state index < -0.39 is 5.60 Å². The Morgan fingerprint density at radius 3 is 2.55 bits per heavy atom. The molecule has 0 fully saturated rings. The van der Waals surface area contributed by atoms with Gasteiger partial charge in [0, 0.05) is 24.7 Å². The number of hydrogen-bond acceptors (Lipinski definition) is 8. The third-order valence-corrected chi connectivity index (χ3v) is 5.19. The third-order valence-electron chi connectivity index (χ3n) is 5.19. The zero-order valence-electron chi connectivity index (χ0n) is 18.8. The van der Waals surface area contributed by atoms with E-state index in [1.54, 1.807) is 26.2 Å². The number of para-hydroxylation sites is 1. The fourth-order valence-electron chi connectivity index (χ4n) is 3.42. The second-order valence-corrected chi connectivity index (χ2v) is 8.18. The van der Waals surface area contributed by atoms with Crippen LogP contribution in [-0.2, 0) is 6.54 Å². The number of aromatic nitrogens is 4. The van der Waals surface area contributed by atoms with Crippen molar-refractivity contribution in [3.05, 3.63) is 30.1 Å². The fourth-order valence-corrected chi connectivity index (χ4v) is 3.42. The number of ether oxygens (including phenoxy) is 1. The number of anilines is 2. The number of nitrogens with zero attached hydrogens (tertiary/aromatic N) is 4. The number of fused-ring (bicyclic) bond motifs is 1. The number of aliphatic hydroxyl groups is 1. The molecule has 0 bridgehead atoms. The number of aromatic hydroxyl groups is 1. The molecule has 0 atom stereocenters. The van der Waals surface area contributed by atoms with E-state index in [-0.39, 0.29) is 11.8 Å². The van der Waals surface area contributed by atoms with Crippen LogP contribution < -0.4 is 15.4 Å². The van der Waals surface area contributed by atoms with Crippen LogP contribution >= 0.6 is 0 Å². The number of phenols is 1. The topological polar surface area (TPSA) is 117 Å². The van der Waals surface area contributed by atoms with E-state index in [0.717, 1.165) is 18.5 Å². The summed E-state index contributed by atoms with van der Waals surface area (Å²) in [5.41, 5.74) is 1.15. The summed E-state index contributed by atoms with van der Waals surface area (Å²) in [6.07, 6.45) is 3.71. The van der Waals surface area contributed by atoms with E-state index in [1.807, 2.05) is 12.1 Å². The van der Waals surface area contributed by atoms with Crippen molar-refractivity contribution in [2.75, 3.05) is 24.3 Å². The normalized spacial score (nSPS) is 11.8. The molecule has 4 N–H and O–H groups in total. The molecule has 2 heterocycles. The molecule has 0 saturated carbocycles. The largest absolute Gasteiger partial charge is 0.504 e. The predicted molar refractivity (Wildman–Crippen MR) is 122 cm³/mol. The molecule has 2 aromatic heterocycles. The Bertz CT molecular complexity index is 1020. The van der Waals surface area contributed by atoms with Crippen LogP contribution in [0.15, 0.2) is 24.5 Å². The molecule has 0 spiro atoms. The van der Waals surface area contributed by atoms with E-state index in [1.165, 1.54) is 7.11 Å². The zero-order valence-corrected chi connectivity index (χ0v) is 18.8. The first-order valence-electron chi connectivity index (χ1n) is 10.6. The van der Waals surface area contributed by atoms with Crippen LogP contribution in [0.1, 0.15) is 52.1 Å². The van der Waals surface area contributed by atoms with E-state index in [9.17, 15) is 10.2 Å². The summed E-state index contributed by atoms with van der Waals surface area (Å²) in [5, 5.41) is 26.9. The van der Waals surface area contributed by atoms with Gasteiger partial charge in [0.25, 0.3) is 0 Å². The van der Waals surface area contributed by atoms with Crippen LogP contribution in [0, 0.1) is 0 Å². The maximum Gasteiger partial charge on any atom is 0.226 e. The maximum atomic E-state index is 10.4. The molecule has 0 aliphatic carbocycles. The van der Waals surface area contributed by atoms with Crippen molar-refractivity contribution in [1.82, 2.24) is 19.5 Å². The number of phenolic OH excluding ortho intramolecular Hbond substituents is 1. The third kappa shape index (κ3) is 5.16. The molecule has 3 rings (SSSR count). The standard InChI is InChI=1S/C22H32N6O3/c1-6-15(7-2)28-13-25-17-19(23-11-14-9-8-10-16(31-5)18(14)29)26-21(27-20(17)28)24-12-22(3,4)30/h8-10,13,15,29-30H,6-7,11-12H2,1-5H3,(H2,23,24,26,27). The second-order valence-electron chi connectivity index (χ2n) is 8.18. The maximum absolute atomic E-state index is 10.4. The van der Waals surface area contributed by atoms with E-state index in [4.69, 9.17) is 4.74 Å². The van der Waals surface area contributed by atoms with E-state index in [0.29, 0.717) is 41.7 Å². The van der Waals surface area contributed by atoms with Crippen molar-refractivity contribution in [3.8, 4) is 11.5 Å². The molecule has 168 valence electrons. The zero-order chi connectivity index (χ0) is 22.6. The number of benzene rings is 1. The Morgan fingerprint density at radius 1 is 1.16 bits per heavy atom. The lowest BCUT2D eigenvalue weighted by Gasteiger charge is -2.19. The van der Waals surface area contributed by atoms with Crippen LogP contribution in [0.4, 0.5) is 11.8 Å². The SMILES string of the molecule is CCC(CC)n1cnc2c(NCc3cccc(OC)c3O)nc(NCC(C)(C)O)nc21. The number of hydrogen-bond donors (Lipinski definition) is 4. The number of imidazole rings is 1. The summed E-state index contributed by atoms with van der Waals surface area (Å²) >= 11 is 0. The van der Waals surface area contributed by atoms with Crippen LogP contribution in [0.2, 0.25) is 0 Å². The number of methoxy groups -OCH3 is 1. The fraction of sp³-hybridized carbons (Fsp3) is 0.500. The molecule has 1 aromatic carbocycles. The van der Waals surface area contributed by atoms with E-state index >= 15 is 0 Å². The van der Waals surface area contributed by atoms with Gasteiger partial charge in [-0.05, 0) is 32.8 Å². The Kier molecular flexibility index (Phi) is 6.84. The number of nitrogens with one attached hydrogen (secondary N) is 2. The van der Waals surface area contributed by atoms with Crippen molar-refractivity contribution < 1.29 is 14.9 Å². The van der Waals surface area contributed by atoms with Crippen LogP contribution in [0.25, 0.3) is 11.2 Å². The molecule has 0 unspecified atom stereocenters. The van der Waals surface area contributed by atoms with E-state index in [2.05, 4.69) is 44.0 Å². The molecule has 9 nitrogen and oxygen atoms in total. The minimum absolute atomic E-state index is 0.0886. The van der Waals surface area contributed by atoms with Gasteiger partial charge < -0.3 is 30.2 Å². The quantitative estimate of drug-likeness (QED) is 0.386. The summed E-state index contributed by atoms with van der Waals surface area (Å²) < 4.78 is 7.26. The Labute approximate surface area is 182 Å². The van der Waals surface area contributed by atoms with Gasteiger partial charge in [-0.3, -0.25) is 0 Å². The van der Waals surface area contributed by atoms with Gasteiger partial charge in [0.15, 0.2) is 28.5 Å². The predicted octanol–water partition coefficient (Wildman–Crippen LogP) is 3.70. The summed E-state index contributed by atoms with van der Waals surface area (Å²) in [6.45, 7) is 8.35. The van der Waals surface area contributed by atoms with Gasteiger partial charge >= 0.3 is 0 Å². The first-order chi connectivity index (χ1) is 14.8. The molecule has 9 heteroatoms. The second kappa shape index (κ2) is 9.38. The van der Waals surface area contributed by atoms with Crippen LogP contribution in [0.5, 0.6) is 11.5 Å². The van der Waals surface area contributed by atoms with Gasteiger partial charge in [-0.25, -0.2) is 4.98 Å². The molecule has 0 aliphatic heterocycles. The Hall–Kier alpha value is -3.07. The van der Waals surface area contributed by atoms with Gasteiger partial charge in [0.1, 0.15) is 0 Å². The molecule has 0 radical (unpaired) electrons. The monoisotopic (exact) mass is 428 g/mol.